The van der Waals surface area contributed by atoms with Gasteiger partial charge >= 0.3 is 6.18 Å². The van der Waals surface area contributed by atoms with Crippen LogP contribution in [0.4, 0.5) is 18.9 Å². The molecule has 1 aromatic rings. The topological polar surface area (TPSA) is 55.6 Å². The van der Waals surface area contributed by atoms with E-state index in [-0.39, 0.29) is 17.4 Å². The smallest absolute Gasteiger partial charge is 0.399 e. The zero-order chi connectivity index (χ0) is 14.9. The molecule has 0 aliphatic carbocycles. The van der Waals surface area contributed by atoms with E-state index < -0.39 is 17.6 Å². The number of carbonyl (C=O) groups excluding carboxylic acids is 1. The van der Waals surface area contributed by atoms with Crippen LogP contribution in [0, 0.1) is 0 Å². The average Bonchev–Trinajstić information content (AvgIpc) is 2.84. The molecule has 1 aliphatic heterocycles. The third-order valence-electron chi connectivity index (χ3n) is 3.30. The van der Waals surface area contributed by atoms with E-state index in [1.54, 1.807) is 7.11 Å². The highest BCUT2D eigenvalue weighted by Crippen LogP contribution is 2.31. The van der Waals surface area contributed by atoms with E-state index in [4.69, 9.17) is 10.5 Å². The van der Waals surface area contributed by atoms with Crippen LogP contribution in [0.15, 0.2) is 18.2 Å². The predicted octanol–water partition coefficient (Wildman–Crippen LogP) is 2.15. The lowest BCUT2D eigenvalue weighted by atomic mass is 10.1. The Balaban J connectivity index is 2.24. The summed E-state index contributed by atoms with van der Waals surface area (Å²) >= 11 is 0. The first-order valence-corrected chi connectivity index (χ1v) is 6.11. The quantitative estimate of drug-likeness (QED) is 0.848. The molecule has 4 nitrogen and oxygen atoms in total. The molecule has 0 spiro atoms. The largest absolute Gasteiger partial charge is 0.416 e. The second kappa shape index (κ2) is 5.32. The summed E-state index contributed by atoms with van der Waals surface area (Å²) in [4.78, 5) is 13.7. The number of hydrogen-bond acceptors (Lipinski definition) is 3. The SMILES string of the molecule is CO[C@H]1CCN(C(=O)c2cc(N)cc(C(F)(F)F)c2)C1. The van der Waals surface area contributed by atoms with Crippen LogP contribution in [0.3, 0.4) is 0 Å². The molecule has 1 heterocycles. The van der Waals surface area contributed by atoms with Crippen molar-refractivity contribution >= 4 is 11.6 Å². The maximum atomic E-state index is 12.7. The lowest BCUT2D eigenvalue weighted by Gasteiger charge is -2.17. The molecule has 1 aliphatic rings. The van der Waals surface area contributed by atoms with Gasteiger partial charge in [0.15, 0.2) is 0 Å². The summed E-state index contributed by atoms with van der Waals surface area (Å²) in [5.74, 6) is -0.456. The molecule has 110 valence electrons. The van der Waals surface area contributed by atoms with Gasteiger partial charge in [-0.25, -0.2) is 0 Å². The van der Waals surface area contributed by atoms with E-state index in [1.807, 2.05) is 0 Å². The molecule has 1 atom stereocenters. The summed E-state index contributed by atoms with van der Waals surface area (Å²) < 4.78 is 43.2. The maximum Gasteiger partial charge on any atom is 0.416 e. The highest BCUT2D eigenvalue weighted by Gasteiger charge is 2.33. The zero-order valence-electron chi connectivity index (χ0n) is 10.9. The number of amides is 1. The lowest BCUT2D eigenvalue weighted by molar-refractivity contribution is -0.137. The Morgan fingerprint density at radius 2 is 2.10 bits per heavy atom. The van der Waals surface area contributed by atoms with Crippen LogP contribution >= 0.6 is 0 Å². The summed E-state index contributed by atoms with van der Waals surface area (Å²) in [5.41, 5.74) is 4.41. The summed E-state index contributed by atoms with van der Waals surface area (Å²) in [7, 11) is 1.54. The minimum absolute atomic E-state index is 0.0471. The van der Waals surface area contributed by atoms with E-state index in [0.717, 1.165) is 12.1 Å². The van der Waals surface area contributed by atoms with Crippen molar-refractivity contribution in [1.29, 1.82) is 0 Å². The van der Waals surface area contributed by atoms with Crippen LogP contribution in [0.5, 0.6) is 0 Å². The van der Waals surface area contributed by atoms with E-state index >= 15 is 0 Å². The van der Waals surface area contributed by atoms with Crippen LogP contribution in [-0.2, 0) is 10.9 Å². The van der Waals surface area contributed by atoms with Crippen molar-refractivity contribution in [1.82, 2.24) is 4.90 Å². The number of carbonyl (C=O) groups is 1. The van der Waals surface area contributed by atoms with Crippen molar-refractivity contribution in [3.05, 3.63) is 29.3 Å². The fourth-order valence-corrected chi connectivity index (χ4v) is 2.23. The fraction of sp³-hybridized carbons (Fsp3) is 0.462. The second-order valence-corrected chi connectivity index (χ2v) is 4.74. The summed E-state index contributed by atoms with van der Waals surface area (Å²) in [5, 5.41) is 0. The number of hydrogen-bond donors (Lipinski definition) is 1. The zero-order valence-corrected chi connectivity index (χ0v) is 10.9. The summed E-state index contributed by atoms with van der Waals surface area (Å²) in [6.07, 6.45) is -3.91. The molecule has 2 N–H and O–H groups in total. The van der Waals surface area contributed by atoms with E-state index in [1.165, 1.54) is 11.0 Å². The van der Waals surface area contributed by atoms with Gasteiger partial charge in [-0.1, -0.05) is 0 Å². The Kier molecular flexibility index (Phi) is 3.89. The number of alkyl halides is 3. The van der Waals surface area contributed by atoms with Crippen LogP contribution in [-0.4, -0.2) is 37.1 Å². The van der Waals surface area contributed by atoms with E-state index in [2.05, 4.69) is 0 Å². The Labute approximate surface area is 114 Å². The minimum atomic E-state index is -4.52. The van der Waals surface area contributed by atoms with Gasteiger partial charge < -0.3 is 15.4 Å². The van der Waals surface area contributed by atoms with Gasteiger partial charge in [0.1, 0.15) is 0 Å². The molecule has 0 radical (unpaired) electrons. The van der Waals surface area contributed by atoms with Crippen molar-refractivity contribution in [2.45, 2.75) is 18.7 Å². The number of methoxy groups -OCH3 is 1. The molecule has 1 fully saturated rings. The molecule has 1 aromatic carbocycles. The predicted molar refractivity (Wildman–Crippen MR) is 67.2 cm³/mol. The van der Waals surface area contributed by atoms with Crippen molar-refractivity contribution in [3.8, 4) is 0 Å². The van der Waals surface area contributed by atoms with Crippen molar-refractivity contribution in [2.75, 3.05) is 25.9 Å². The van der Waals surface area contributed by atoms with Crippen molar-refractivity contribution in [3.63, 3.8) is 0 Å². The fourth-order valence-electron chi connectivity index (χ4n) is 2.23. The van der Waals surface area contributed by atoms with Gasteiger partial charge in [0.05, 0.1) is 11.7 Å². The average molecular weight is 288 g/mol. The molecule has 0 unspecified atom stereocenters. The monoisotopic (exact) mass is 288 g/mol. The van der Waals surface area contributed by atoms with E-state index in [0.29, 0.717) is 19.5 Å². The van der Waals surface area contributed by atoms with Crippen LogP contribution in [0.1, 0.15) is 22.3 Å². The van der Waals surface area contributed by atoms with Gasteiger partial charge in [-0.2, -0.15) is 13.2 Å². The van der Waals surface area contributed by atoms with Crippen LogP contribution < -0.4 is 5.73 Å². The van der Waals surface area contributed by atoms with Gasteiger partial charge in [-0.3, -0.25) is 4.79 Å². The number of nitrogen functional groups attached to an aromatic ring is 1. The molecular formula is C13H15F3N2O2. The highest BCUT2D eigenvalue weighted by atomic mass is 19.4. The number of nitrogens with zero attached hydrogens (tertiary/aromatic N) is 1. The summed E-state index contributed by atoms with van der Waals surface area (Å²) in [6, 6.07) is 2.91. The number of likely N-dealkylation sites (tertiary alicyclic amines) is 1. The molecule has 1 saturated heterocycles. The molecule has 2 rings (SSSR count). The Bertz CT molecular complexity index is 517. The second-order valence-electron chi connectivity index (χ2n) is 4.74. The molecule has 20 heavy (non-hydrogen) atoms. The van der Waals surface area contributed by atoms with Crippen molar-refractivity contribution in [2.24, 2.45) is 0 Å². The molecule has 7 heteroatoms. The normalized spacial score (nSPS) is 19.4. The van der Waals surface area contributed by atoms with E-state index in [9.17, 15) is 18.0 Å². The standard InChI is InChI=1S/C13H15F3N2O2/c1-20-11-2-3-18(7-11)12(19)8-4-9(13(14,15)16)6-10(17)5-8/h4-6,11H,2-3,7,17H2,1H3/t11-/m0/s1. The number of benzene rings is 1. The van der Waals surface area contributed by atoms with Gasteiger partial charge in [0, 0.05) is 31.5 Å². The van der Waals surface area contributed by atoms with Crippen LogP contribution in [0.25, 0.3) is 0 Å². The molecular weight excluding hydrogens is 273 g/mol. The number of nitrogens with two attached hydrogens (primary N) is 1. The highest BCUT2D eigenvalue weighted by molar-refractivity contribution is 5.95. The molecule has 1 amide bonds. The van der Waals surface area contributed by atoms with Gasteiger partial charge in [-0.05, 0) is 24.6 Å². The Morgan fingerprint density at radius 3 is 2.65 bits per heavy atom. The van der Waals surface area contributed by atoms with Crippen LogP contribution in [0.2, 0.25) is 0 Å². The number of rotatable bonds is 2. The Hall–Kier alpha value is -1.76. The van der Waals surface area contributed by atoms with Gasteiger partial charge in [0.2, 0.25) is 0 Å². The third kappa shape index (κ3) is 3.04. The first kappa shape index (κ1) is 14.6. The number of anilines is 1. The van der Waals surface area contributed by atoms with Gasteiger partial charge in [0.25, 0.3) is 5.91 Å². The molecule has 0 bridgehead atoms. The third-order valence-corrected chi connectivity index (χ3v) is 3.30. The molecule has 0 saturated carbocycles. The lowest BCUT2D eigenvalue weighted by Crippen LogP contribution is -2.30. The minimum Gasteiger partial charge on any atom is -0.399 e. The van der Waals surface area contributed by atoms with Crippen molar-refractivity contribution < 1.29 is 22.7 Å². The first-order valence-electron chi connectivity index (χ1n) is 6.11. The molecule has 0 aromatic heterocycles. The van der Waals surface area contributed by atoms with Gasteiger partial charge in [-0.15, -0.1) is 0 Å². The first-order chi connectivity index (χ1) is 9.31. The summed E-state index contributed by atoms with van der Waals surface area (Å²) in [6.45, 7) is 0.846. The number of halogens is 3. The maximum absolute atomic E-state index is 12.7. The number of ether oxygens (including phenoxy) is 1. The Morgan fingerprint density at radius 1 is 1.40 bits per heavy atom.